The lowest BCUT2D eigenvalue weighted by Crippen LogP contribution is -2.50. The first kappa shape index (κ1) is 15.6. The van der Waals surface area contributed by atoms with Crippen molar-refractivity contribution in [2.75, 3.05) is 32.8 Å². The van der Waals surface area contributed by atoms with Gasteiger partial charge < -0.3 is 10.0 Å². The van der Waals surface area contributed by atoms with Gasteiger partial charge in [-0.2, -0.15) is 0 Å². The number of amides is 1. The van der Waals surface area contributed by atoms with Crippen LogP contribution in [-0.2, 0) is 0 Å². The normalized spacial score (nSPS) is 15.7. The summed E-state index contributed by atoms with van der Waals surface area (Å²) < 4.78 is 0. The molecule has 2 rings (SSSR count). The Morgan fingerprint density at radius 1 is 1.29 bits per heavy atom. The Hall–Kier alpha value is -1.83. The van der Waals surface area contributed by atoms with Gasteiger partial charge in [-0.15, -0.1) is 0 Å². The molecule has 0 spiro atoms. The molecule has 1 N–H and O–H groups in total. The summed E-state index contributed by atoms with van der Waals surface area (Å²) in [6.45, 7) is 7.57. The molecule has 1 aromatic carbocycles. The summed E-state index contributed by atoms with van der Waals surface area (Å²) in [5.74, 6) is 5.50. The van der Waals surface area contributed by atoms with Crippen LogP contribution in [0.15, 0.2) is 24.3 Å². The molecule has 1 fully saturated rings. The Bertz CT molecular complexity index is 549. The molecule has 1 aliphatic rings. The zero-order chi connectivity index (χ0) is 15.2. The van der Waals surface area contributed by atoms with Gasteiger partial charge in [-0.1, -0.05) is 17.9 Å². The van der Waals surface area contributed by atoms with Crippen molar-refractivity contribution in [3.63, 3.8) is 0 Å². The van der Waals surface area contributed by atoms with Crippen molar-refractivity contribution in [1.82, 2.24) is 9.80 Å². The fraction of sp³-hybridized carbons (Fsp3) is 0.471. The maximum absolute atomic E-state index is 12.5. The summed E-state index contributed by atoms with van der Waals surface area (Å²) in [6, 6.07) is 7.82. The van der Waals surface area contributed by atoms with E-state index in [0.29, 0.717) is 11.6 Å². The highest BCUT2D eigenvalue weighted by atomic mass is 16.2. The fourth-order valence-corrected chi connectivity index (χ4v) is 2.50. The average Bonchev–Trinajstić information content (AvgIpc) is 2.52. The van der Waals surface area contributed by atoms with Crippen LogP contribution in [0.3, 0.4) is 0 Å². The fourth-order valence-electron chi connectivity index (χ4n) is 2.50. The lowest BCUT2D eigenvalue weighted by molar-refractivity contribution is 0.0595. The SMILES string of the molecule is CC(C)N1CCN(C(=O)c2cccc(C#CCO)c2)CC1. The Morgan fingerprint density at radius 2 is 2.00 bits per heavy atom. The van der Waals surface area contributed by atoms with Gasteiger partial charge in [0.05, 0.1) is 0 Å². The molecule has 0 radical (unpaired) electrons. The maximum Gasteiger partial charge on any atom is 0.253 e. The van der Waals surface area contributed by atoms with E-state index in [2.05, 4.69) is 30.6 Å². The quantitative estimate of drug-likeness (QED) is 0.831. The third kappa shape index (κ3) is 4.07. The van der Waals surface area contributed by atoms with E-state index in [1.54, 1.807) is 6.07 Å². The van der Waals surface area contributed by atoms with Gasteiger partial charge in [0.25, 0.3) is 5.91 Å². The van der Waals surface area contributed by atoms with Crippen LogP contribution >= 0.6 is 0 Å². The van der Waals surface area contributed by atoms with Crippen LogP contribution in [0.2, 0.25) is 0 Å². The van der Waals surface area contributed by atoms with E-state index in [0.717, 1.165) is 31.7 Å². The lowest BCUT2D eigenvalue weighted by atomic mass is 10.1. The zero-order valence-electron chi connectivity index (χ0n) is 12.7. The first-order chi connectivity index (χ1) is 10.1. The molecule has 21 heavy (non-hydrogen) atoms. The molecule has 1 saturated heterocycles. The van der Waals surface area contributed by atoms with Crippen LogP contribution < -0.4 is 0 Å². The van der Waals surface area contributed by atoms with Crippen molar-refractivity contribution in [2.24, 2.45) is 0 Å². The van der Waals surface area contributed by atoms with E-state index < -0.39 is 0 Å². The Morgan fingerprint density at radius 3 is 2.62 bits per heavy atom. The Labute approximate surface area is 126 Å². The summed E-state index contributed by atoms with van der Waals surface area (Å²) in [7, 11) is 0. The van der Waals surface area contributed by atoms with Crippen LogP contribution in [0.4, 0.5) is 0 Å². The number of hydrogen-bond acceptors (Lipinski definition) is 3. The summed E-state index contributed by atoms with van der Waals surface area (Å²) in [5, 5.41) is 8.73. The highest BCUT2D eigenvalue weighted by molar-refractivity contribution is 5.94. The second-order valence-corrected chi connectivity index (χ2v) is 5.46. The van der Waals surface area contributed by atoms with Gasteiger partial charge in [-0.25, -0.2) is 0 Å². The molecule has 0 saturated carbocycles. The molecule has 4 heteroatoms. The van der Waals surface area contributed by atoms with E-state index in [1.807, 2.05) is 23.1 Å². The maximum atomic E-state index is 12.5. The van der Waals surface area contributed by atoms with Gasteiger partial charge in [-0.3, -0.25) is 9.69 Å². The second-order valence-electron chi connectivity index (χ2n) is 5.46. The number of aliphatic hydroxyl groups excluding tert-OH is 1. The predicted molar refractivity (Wildman–Crippen MR) is 83.0 cm³/mol. The number of hydrogen-bond donors (Lipinski definition) is 1. The number of piperazine rings is 1. The summed E-state index contributed by atoms with van der Waals surface area (Å²) in [5.41, 5.74) is 1.42. The average molecular weight is 286 g/mol. The molecule has 1 heterocycles. The van der Waals surface area contributed by atoms with Gasteiger partial charge in [0.2, 0.25) is 0 Å². The van der Waals surface area contributed by atoms with E-state index in [-0.39, 0.29) is 12.5 Å². The standard InChI is InChI=1S/C17H22N2O2/c1-14(2)18-8-10-19(11-9-18)17(21)16-7-3-5-15(13-16)6-4-12-20/h3,5,7,13-14,20H,8-12H2,1-2H3. The molecule has 0 unspecified atom stereocenters. The molecule has 1 aromatic rings. The predicted octanol–water partition coefficient (Wildman–Crippen LogP) is 1.20. The van der Waals surface area contributed by atoms with Gasteiger partial charge in [0, 0.05) is 43.3 Å². The van der Waals surface area contributed by atoms with Crippen LogP contribution in [0.25, 0.3) is 0 Å². The molecule has 112 valence electrons. The number of aliphatic hydroxyl groups is 1. The minimum absolute atomic E-state index is 0.0612. The van der Waals surface area contributed by atoms with Crippen molar-refractivity contribution in [2.45, 2.75) is 19.9 Å². The summed E-state index contributed by atoms with van der Waals surface area (Å²) >= 11 is 0. The van der Waals surface area contributed by atoms with E-state index in [4.69, 9.17) is 5.11 Å². The third-order valence-corrected chi connectivity index (χ3v) is 3.75. The molecule has 0 atom stereocenters. The minimum atomic E-state index is -0.171. The number of carbonyl (C=O) groups is 1. The molecule has 0 aromatic heterocycles. The molecule has 4 nitrogen and oxygen atoms in total. The Balaban J connectivity index is 2.04. The van der Waals surface area contributed by atoms with Gasteiger partial charge in [0.15, 0.2) is 0 Å². The molecule has 1 aliphatic heterocycles. The largest absolute Gasteiger partial charge is 0.384 e. The van der Waals surface area contributed by atoms with E-state index in [1.165, 1.54) is 0 Å². The van der Waals surface area contributed by atoms with Crippen LogP contribution in [0.5, 0.6) is 0 Å². The lowest BCUT2D eigenvalue weighted by Gasteiger charge is -2.37. The molecule has 1 amide bonds. The zero-order valence-corrected chi connectivity index (χ0v) is 12.7. The van der Waals surface area contributed by atoms with Crippen LogP contribution in [0.1, 0.15) is 29.8 Å². The second kappa shape index (κ2) is 7.26. The van der Waals surface area contributed by atoms with E-state index in [9.17, 15) is 4.79 Å². The van der Waals surface area contributed by atoms with Crippen molar-refractivity contribution < 1.29 is 9.90 Å². The first-order valence-electron chi connectivity index (χ1n) is 7.35. The first-order valence-corrected chi connectivity index (χ1v) is 7.35. The van der Waals surface area contributed by atoms with Crippen LogP contribution in [-0.4, -0.2) is 59.6 Å². The smallest absolute Gasteiger partial charge is 0.253 e. The molecule has 0 bridgehead atoms. The summed E-state index contributed by atoms with van der Waals surface area (Å²) in [6.07, 6.45) is 0. The third-order valence-electron chi connectivity index (χ3n) is 3.75. The van der Waals surface area contributed by atoms with Crippen molar-refractivity contribution in [3.8, 4) is 11.8 Å². The number of rotatable bonds is 2. The topological polar surface area (TPSA) is 43.8 Å². The van der Waals surface area contributed by atoms with Gasteiger partial charge in [0.1, 0.15) is 6.61 Å². The van der Waals surface area contributed by atoms with Gasteiger partial charge >= 0.3 is 0 Å². The monoisotopic (exact) mass is 286 g/mol. The van der Waals surface area contributed by atoms with Gasteiger partial charge in [-0.05, 0) is 32.0 Å². The highest BCUT2D eigenvalue weighted by Gasteiger charge is 2.23. The van der Waals surface area contributed by atoms with E-state index >= 15 is 0 Å². The summed E-state index contributed by atoms with van der Waals surface area (Å²) in [4.78, 5) is 16.8. The number of carbonyl (C=O) groups excluding carboxylic acids is 1. The van der Waals surface area contributed by atoms with Crippen molar-refractivity contribution in [3.05, 3.63) is 35.4 Å². The Kier molecular flexibility index (Phi) is 5.38. The highest BCUT2D eigenvalue weighted by Crippen LogP contribution is 2.12. The molecular formula is C17H22N2O2. The number of nitrogens with zero attached hydrogens (tertiary/aromatic N) is 2. The van der Waals surface area contributed by atoms with Crippen molar-refractivity contribution >= 4 is 5.91 Å². The molecular weight excluding hydrogens is 264 g/mol. The van der Waals surface area contributed by atoms with Crippen molar-refractivity contribution in [1.29, 1.82) is 0 Å². The molecule has 0 aliphatic carbocycles. The van der Waals surface area contributed by atoms with Crippen LogP contribution in [0, 0.1) is 11.8 Å². The minimum Gasteiger partial charge on any atom is -0.384 e. The number of benzene rings is 1.